The third kappa shape index (κ3) is 6.12. The van der Waals surface area contributed by atoms with E-state index in [0.29, 0.717) is 32.1 Å². The summed E-state index contributed by atoms with van der Waals surface area (Å²) in [5.74, 6) is 0.744. The fourth-order valence-electron chi connectivity index (χ4n) is 1.68. The van der Waals surface area contributed by atoms with Gasteiger partial charge in [0.25, 0.3) is 0 Å². The number of methoxy groups -OCH3 is 1. The molecule has 0 aromatic heterocycles. The highest BCUT2D eigenvalue weighted by atomic mass is 16.5. The molecular weight excluding hydrogens is 256 g/mol. The highest BCUT2D eigenvalue weighted by Crippen LogP contribution is 2.29. The molecule has 0 heterocycles. The van der Waals surface area contributed by atoms with Crippen LogP contribution in [0.5, 0.6) is 5.75 Å². The van der Waals surface area contributed by atoms with E-state index in [-0.39, 0.29) is 0 Å². The highest BCUT2D eigenvalue weighted by Gasteiger charge is 2.05. The van der Waals surface area contributed by atoms with Gasteiger partial charge < -0.3 is 25.3 Å². The van der Waals surface area contributed by atoms with Crippen molar-refractivity contribution in [3.63, 3.8) is 0 Å². The smallest absolute Gasteiger partial charge is 0.144 e. The van der Waals surface area contributed by atoms with Gasteiger partial charge >= 0.3 is 0 Å². The molecule has 0 saturated carbocycles. The summed E-state index contributed by atoms with van der Waals surface area (Å²) in [5, 5.41) is 3.30. The van der Waals surface area contributed by atoms with Crippen LogP contribution in [0.3, 0.4) is 0 Å². The van der Waals surface area contributed by atoms with Crippen LogP contribution < -0.4 is 15.8 Å². The summed E-state index contributed by atoms with van der Waals surface area (Å²) in [4.78, 5) is 0. The fraction of sp³-hybridized carbons (Fsp3) is 0.600. The number of rotatable bonds is 11. The van der Waals surface area contributed by atoms with Crippen LogP contribution in [0.15, 0.2) is 18.2 Å². The van der Waals surface area contributed by atoms with Gasteiger partial charge in [0.05, 0.1) is 31.2 Å². The predicted octanol–water partition coefficient (Wildman–Crippen LogP) is 2.52. The van der Waals surface area contributed by atoms with Crippen molar-refractivity contribution < 1.29 is 14.2 Å². The van der Waals surface area contributed by atoms with Crippen LogP contribution in [-0.4, -0.2) is 40.1 Å². The molecule has 5 nitrogen and oxygen atoms in total. The van der Waals surface area contributed by atoms with Crippen LogP contribution >= 0.6 is 0 Å². The van der Waals surface area contributed by atoms with Crippen molar-refractivity contribution in [1.82, 2.24) is 0 Å². The first kappa shape index (κ1) is 16.6. The lowest BCUT2D eigenvalue weighted by Crippen LogP contribution is -2.10. The van der Waals surface area contributed by atoms with Crippen molar-refractivity contribution in [3.8, 4) is 5.75 Å². The van der Waals surface area contributed by atoms with E-state index < -0.39 is 0 Å². The van der Waals surface area contributed by atoms with Gasteiger partial charge in [-0.3, -0.25) is 0 Å². The largest absolute Gasteiger partial charge is 0.491 e. The number of nitrogens with two attached hydrogens (primary N) is 1. The van der Waals surface area contributed by atoms with E-state index in [4.69, 9.17) is 19.9 Å². The van der Waals surface area contributed by atoms with Gasteiger partial charge in [0, 0.05) is 20.3 Å². The predicted molar refractivity (Wildman–Crippen MR) is 82.4 cm³/mol. The van der Waals surface area contributed by atoms with Gasteiger partial charge in [0.1, 0.15) is 5.75 Å². The summed E-state index contributed by atoms with van der Waals surface area (Å²) in [7, 11) is 1.67. The second-order valence-electron chi connectivity index (χ2n) is 4.45. The zero-order valence-corrected chi connectivity index (χ0v) is 12.5. The van der Waals surface area contributed by atoms with Gasteiger partial charge in [0.2, 0.25) is 0 Å². The Hall–Kier alpha value is -1.46. The standard InChI is InChI=1S/C15H26N2O3/c1-3-9-20-14-7-4-6-13(15(14)16)17-8-5-10-19-12-11-18-2/h4,6-7,17H,3,5,8-12,16H2,1-2H3. The van der Waals surface area contributed by atoms with Gasteiger partial charge in [-0.25, -0.2) is 0 Å². The quantitative estimate of drug-likeness (QED) is 0.482. The SMILES string of the molecule is CCCOc1cccc(NCCCOCCOC)c1N. The van der Waals surface area contributed by atoms with E-state index in [1.54, 1.807) is 7.11 Å². The van der Waals surface area contributed by atoms with Crippen LogP contribution in [0.4, 0.5) is 11.4 Å². The Bertz CT molecular complexity index is 372. The van der Waals surface area contributed by atoms with Crippen LogP contribution in [-0.2, 0) is 9.47 Å². The van der Waals surface area contributed by atoms with Gasteiger partial charge in [-0.15, -0.1) is 0 Å². The summed E-state index contributed by atoms with van der Waals surface area (Å²) < 4.78 is 15.9. The van der Waals surface area contributed by atoms with Crippen LogP contribution in [0.25, 0.3) is 0 Å². The molecular formula is C15H26N2O3. The molecule has 114 valence electrons. The summed E-state index contributed by atoms with van der Waals surface area (Å²) in [6.45, 7) is 5.55. The van der Waals surface area contributed by atoms with Crippen molar-refractivity contribution in [1.29, 1.82) is 0 Å². The van der Waals surface area contributed by atoms with Crippen molar-refractivity contribution in [2.75, 3.05) is 51.1 Å². The Morgan fingerprint density at radius 1 is 1.15 bits per heavy atom. The summed E-state index contributed by atoms with van der Waals surface area (Å²) >= 11 is 0. The number of nitrogens with one attached hydrogen (secondary N) is 1. The molecule has 3 N–H and O–H groups in total. The summed E-state index contributed by atoms with van der Waals surface area (Å²) in [5.41, 5.74) is 7.65. The molecule has 1 rings (SSSR count). The van der Waals surface area contributed by atoms with Gasteiger partial charge in [0.15, 0.2) is 0 Å². The van der Waals surface area contributed by atoms with E-state index in [1.165, 1.54) is 0 Å². The molecule has 0 fully saturated rings. The monoisotopic (exact) mass is 282 g/mol. The van der Waals surface area contributed by atoms with Crippen LogP contribution in [0, 0.1) is 0 Å². The second kappa shape index (κ2) is 10.3. The van der Waals surface area contributed by atoms with Gasteiger partial charge in [-0.05, 0) is 25.0 Å². The third-order valence-corrected chi connectivity index (χ3v) is 2.74. The molecule has 0 amide bonds. The molecule has 0 atom stereocenters. The minimum absolute atomic E-state index is 0.636. The minimum atomic E-state index is 0.636. The van der Waals surface area contributed by atoms with Crippen LogP contribution in [0.1, 0.15) is 19.8 Å². The van der Waals surface area contributed by atoms with E-state index in [1.807, 2.05) is 18.2 Å². The van der Waals surface area contributed by atoms with E-state index in [0.717, 1.165) is 30.8 Å². The first-order valence-electron chi connectivity index (χ1n) is 7.11. The molecule has 0 bridgehead atoms. The first-order valence-corrected chi connectivity index (χ1v) is 7.11. The lowest BCUT2D eigenvalue weighted by atomic mass is 10.2. The summed E-state index contributed by atoms with van der Waals surface area (Å²) in [6, 6.07) is 5.79. The normalized spacial score (nSPS) is 10.5. The number of hydrogen-bond acceptors (Lipinski definition) is 5. The second-order valence-corrected chi connectivity index (χ2v) is 4.45. The molecule has 0 radical (unpaired) electrons. The fourth-order valence-corrected chi connectivity index (χ4v) is 1.68. The molecule has 5 heteroatoms. The van der Waals surface area contributed by atoms with Crippen molar-refractivity contribution >= 4 is 11.4 Å². The lowest BCUT2D eigenvalue weighted by Gasteiger charge is -2.13. The first-order chi connectivity index (χ1) is 9.79. The summed E-state index contributed by atoms with van der Waals surface area (Å²) in [6.07, 6.45) is 1.89. The number of para-hydroxylation sites is 1. The van der Waals surface area contributed by atoms with E-state index in [2.05, 4.69) is 12.2 Å². The Labute approximate surface area is 121 Å². The molecule has 1 aromatic carbocycles. The Morgan fingerprint density at radius 3 is 2.75 bits per heavy atom. The number of hydrogen-bond donors (Lipinski definition) is 2. The molecule has 0 unspecified atom stereocenters. The molecule has 0 aliphatic rings. The highest BCUT2D eigenvalue weighted by molar-refractivity contribution is 5.72. The maximum absolute atomic E-state index is 6.07. The van der Waals surface area contributed by atoms with Crippen molar-refractivity contribution in [2.45, 2.75) is 19.8 Å². The van der Waals surface area contributed by atoms with Crippen molar-refractivity contribution in [3.05, 3.63) is 18.2 Å². The number of nitrogen functional groups attached to an aromatic ring is 1. The maximum atomic E-state index is 6.07. The Morgan fingerprint density at radius 2 is 2.00 bits per heavy atom. The average Bonchev–Trinajstić information content (AvgIpc) is 2.46. The lowest BCUT2D eigenvalue weighted by molar-refractivity contribution is 0.0705. The molecule has 0 aliphatic carbocycles. The maximum Gasteiger partial charge on any atom is 0.144 e. The van der Waals surface area contributed by atoms with E-state index in [9.17, 15) is 0 Å². The molecule has 0 spiro atoms. The third-order valence-electron chi connectivity index (χ3n) is 2.74. The topological polar surface area (TPSA) is 65.7 Å². The zero-order chi connectivity index (χ0) is 14.6. The van der Waals surface area contributed by atoms with E-state index >= 15 is 0 Å². The minimum Gasteiger partial charge on any atom is -0.491 e. The molecule has 0 saturated heterocycles. The van der Waals surface area contributed by atoms with Gasteiger partial charge in [-0.2, -0.15) is 0 Å². The van der Waals surface area contributed by atoms with Gasteiger partial charge in [-0.1, -0.05) is 13.0 Å². The Kier molecular flexibility index (Phi) is 8.58. The average molecular weight is 282 g/mol. The van der Waals surface area contributed by atoms with Crippen molar-refractivity contribution in [2.24, 2.45) is 0 Å². The Balaban J connectivity index is 2.29. The van der Waals surface area contributed by atoms with Crippen LogP contribution in [0.2, 0.25) is 0 Å². The number of benzene rings is 1. The number of anilines is 2. The molecule has 1 aromatic rings. The molecule has 0 aliphatic heterocycles. The number of ether oxygens (including phenoxy) is 3. The molecule has 20 heavy (non-hydrogen) atoms. The zero-order valence-electron chi connectivity index (χ0n) is 12.5.